The van der Waals surface area contributed by atoms with Crippen molar-refractivity contribution in [3.63, 3.8) is 0 Å². The molecule has 0 N–H and O–H groups in total. The smallest absolute Gasteiger partial charge is 0.550 e. The van der Waals surface area contributed by atoms with Crippen molar-refractivity contribution in [1.29, 1.82) is 0 Å². The summed E-state index contributed by atoms with van der Waals surface area (Å²) >= 11 is 0. The third-order valence-corrected chi connectivity index (χ3v) is 3.40. The summed E-state index contributed by atoms with van der Waals surface area (Å²) in [5.41, 5.74) is 0. The van der Waals surface area contributed by atoms with Crippen molar-refractivity contribution in [2.75, 3.05) is 0 Å². The molecule has 0 amide bonds. The molecule has 0 aromatic carbocycles. The molecule has 0 atom stereocenters. The second kappa shape index (κ2) is 8.60. The maximum absolute atomic E-state index is 10.6. The van der Waals surface area contributed by atoms with E-state index >= 15 is 0 Å². The molecule has 0 bridgehead atoms. The minimum absolute atomic E-state index is 0. The summed E-state index contributed by atoms with van der Waals surface area (Å²) in [6.45, 7) is 2.22. The number of carbonyl (C=O) groups excluding carboxylic acids is 1. The number of carboxylic acids is 1. The van der Waals surface area contributed by atoms with Gasteiger partial charge in [0.2, 0.25) is 0 Å². The van der Waals surface area contributed by atoms with Crippen LogP contribution in [0.4, 0.5) is 0 Å². The first kappa shape index (κ1) is 15.5. The van der Waals surface area contributed by atoms with Crippen LogP contribution in [0.5, 0.6) is 0 Å². The fourth-order valence-corrected chi connectivity index (χ4v) is 2.37. The molecule has 1 fully saturated rings. The van der Waals surface area contributed by atoms with Gasteiger partial charge >= 0.3 is 29.6 Å². The Morgan fingerprint density at radius 2 is 1.80 bits per heavy atom. The van der Waals surface area contributed by atoms with E-state index in [1.54, 1.807) is 0 Å². The van der Waals surface area contributed by atoms with Gasteiger partial charge in [-0.15, -0.1) is 0 Å². The van der Waals surface area contributed by atoms with Crippen molar-refractivity contribution < 1.29 is 39.5 Å². The molecule has 15 heavy (non-hydrogen) atoms. The molecule has 0 aromatic rings. The van der Waals surface area contributed by atoms with E-state index in [1.807, 2.05) is 0 Å². The van der Waals surface area contributed by atoms with E-state index in [9.17, 15) is 9.90 Å². The van der Waals surface area contributed by atoms with Crippen LogP contribution in [0.1, 0.15) is 58.3 Å². The third-order valence-electron chi connectivity index (χ3n) is 3.40. The van der Waals surface area contributed by atoms with Crippen molar-refractivity contribution >= 4 is 5.97 Å². The molecular formula is C12H21NaO2. The third kappa shape index (κ3) is 5.94. The zero-order valence-electron chi connectivity index (χ0n) is 10.1. The van der Waals surface area contributed by atoms with Crippen LogP contribution < -0.4 is 34.7 Å². The molecule has 1 aliphatic carbocycles. The fraction of sp³-hybridized carbons (Fsp3) is 0.917. The first-order chi connectivity index (χ1) is 6.74. The average Bonchev–Trinajstić information content (AvgIpc) is 2.19. The number of carboxylic acid groups (broad SMARTS) is 1. The molecule has 2 nitrogen and oxygen atoms in total. The summed E-state index contributed by atoms with van der Waals surface area (Å²) < 4.78 is 0. The molecule has 82 valence electrons. The number of rotatable bonds is 5. The first-order valence-corrected chi connectivity index (χ1v) is 5.95. The molecule has 0 saturated heterocycles. The summed E-state index contributed by atoms with van der Waals surface area (Å²) in [5.74, 6) is -0.202. The standard InChI is InChI=1S/C12H22O2.Na/c1-2-3-4-5-10-6-8-11(9-7-10)12(13)14;/h10-11H,2-9H2,1H3,(H,13,14);/q;+1/p-1. The SMILES string of the molecule is CCCCCC1CCC(C(=O)[O-])CC1.[Na+]. The van der Waals surface area contributed by atoms with Crippen LogP contribution >= 0.6 is 0 Å². The van der Waals surface area contributed by atoms with Crippen LogP contribution in [0.2, 0.25) is 0 Å². The van der Waals surface area contributed by atoms with E-state index in [4.69, 9.17) is 0 Å². The minimum Gasteiger partial charge on any atom is -0.550 e. The molecule has 0 radical (unpaired) electrons. The summed E-state index contributed by atoms with van der Waals surface area (Å²) in [6, 6.07) is 0. The predicted molar refractivity (Wildman–Crippen MR) is 54.6 cm³/mol. The zero-order chi connectivity index (χ0) is 10.4. The van der Waals surface area contributed by atoms with Crippen LogP contribution in [0, 0.1) is 11.8 Å². The molecule has 0 aliphatic heterocycles. The summed E-state index contributed by atoms with van der Waals surface area (Å²) in [4.78, 5) is 10.6. The van der Waals surface area contributed by atoms with E-state index in [0.717, 1.165) is 31.6 Å². The van der Waals surface area contributed by atoms with Gasteiger partial charge in [0.25, 0.3) is 0 Å². The van der Waals surface area contributed by atoms with E-state index < -0.39 is 5.97 Å². The van der Waals surface area contributed by atoms with Crippen LogP contribution in [-0.2, 0) is 4.79 Å². The van der Waals surface area contributed by atoms with Crippen molar-refractivity contribution in [2.45, 2.75) is 58.3 Å². The summed E-state index contributed by atoms with van der Waals surface area (Å²) in [7, 11) is 0. The number of unbranched alkanes of at least 4 members (excludes halogenated alkanes) is 2. The number of hydrogen-bond acceptors (Lipinski definition) is 2. The van der Waals surface area contributed by atoms with Gasteiger partial charge < -0.3 is 9.90 Å². The second-order valence-electron chi connectivity index (χ2n) is 4.53. The average molecular weight is 220 g/mol. The molecule has 0 unspecified atom stereocenters. The molecule has 1 rings (SSSR count). The van der Waals surface area contributed by atoms with Gasteiger partial charge in [-0.1, -0.05) is 32.6 Å². The Labute approximate surface area is 115 Å². The van der Waals surface area contributed by atoms with E-state index in [1.165, 1.54) is 25.7 Å². The maximum Gasteiger partial charge on any atom is 1.00 e. The largest absolute Gasteiger partial charge is 1.00 e. The van der Waals surface area contributed by atoms with Crippen LogP contribution in [-0.4, -0.2) is 5.97 Å². The van der Waals surface area contributed by atoms with Crippen LogP contribution in [0.3, 0.4) is 0 Å². The van der Waals surface area contributed by atoms with E-state index in [0.29, 0.717) is 0 Å². The van der Waals surface area contributed by atoms with Gasteiger partial charge in [-0.25, -0.2) is 0 Å². The maximum atomic E-state index is 10.6. The number of aliphatic carboxylic acids is 1. The number of carbonyl (C=O) groups is 1. The predicted octanol–water partition coefficient (Wildman–Crippen LogP) is -0.873. The van der Waals surface area contributed by atoms with Crippen molar-refractivity contribution in [3.05, 3.63) is 0 Å². The fourth-order valence-electron chi connectivity index (χ4n) is 2.37. The molecule has 0 spiro atoms. The van der Waals surface area contributed by atoms with E-state index in [2.05, 4.69) is 6.92 Å². The van der Waals surface area contributed by atoms with E-state index in [-0.39, 0.29) is 35.5 Å². The van der Waals surface area contributed by atoms with Crippen LogP contribution in [0.15, 0.2) is 0 Å². The van der Waals surface area contributed by atoms with Gasteiger partial charge in [0.1, 0.15) is 0 Å². The monoisotopic (exact) mass is 220 g/mol. The normalized spacial score (nSPS) is 25.7. The quantitative estimate of drug-likeness (QED) is 0.446. The molecule has 3 heteroatoms. The van der Waals surface area contributed by atoms with Crippen LogP contribution in [0.25, 0.3) is 0 Å². The molecule has 1 aliphatic rings. The van der Waals surface area contributed by atoms with Gasteiger partial charge in [-0.2, -0.15) is 0 Å². The Hall–Kier alpha value is 0.470. The first-order valence-electron chi connectivity index (χ1n) is 5.95. The second-order valence-corrected chi connectivity index (χ2v) is 4.53. The molecule has 0 aromatic heterocycles. The summed E-state index contributed by atoms with van der Waals surface area (Å²) in [5, 5.41) is 10.6. The topological polar surface area (TPSA) is 40.1 Å². The summed E-state index contributed by atoms with van der Waals surface area (Å²) in [6.07, 6.45) is 9.10. The zero-order valence-corrected chi connectivity index (χ0v) is 12.1. The number of hydrogen-bond donors (Lipinski definition) is 0. The minimum atomic E-state index is -0.836. The molecular weight excluding hydrogens is 199 g/mol. The Bertz CT molecular complexity index is 174. The van der Waals surface area contributed by atoms with Crippen molar-refractivity contribution in [1.82, 2.24) is 0 Å². The van der Waals surface area contributed by atoms with Gasteiger partial charge in [0.05, 0.1) is 0 Å². The van der Waals surface area contributed by atoms with Gasteiger partial charge in [0.15, 0.2) is 0 Å². The Morgan fingerprint density at radius 1 is 1.20 bits per heavy atom. The van der Waals surface area contributed by atoms with Gasteiger partial charge in [-0.3, -0.25) is 0 Å². The van der Waals surface area contributed by atoms with Crippen molar-refractivity contribution in [2.24, 2.45) is 11.8 Å². The van der Waals surface area contributed by atoms with Crippen molar-refractivity contribution in [3.8, 4) is 0 Å². The Morgan fingerprint density at radius 3 is 2.27 bits per heavy atom. The Kier molecular flexibility index (Phi) is 8.87. The van der Waals surface area contributed by atoms with Gasteiger partial charge in [-0.05, 0) is 37.5 Å². The van der Waals surface area contributed by atoms with Gasteiger partial charge in [0, 0.05) is 5.97 Å². The Balaban J connectivity index is 0.00000196. The molecule has 0 heterocycles. The molecule has 1 saturated carbocycles.